The molecular formula is C19H26N2O5S. The molecule has 8 heteroatoms. The molecule has 1 heterocycles. The number of thioether (sulfide) groups is 1. The average Bonchev–Trinajstić information content (AvgIpc) is 3.05. The predicted molar refractivity (Wildman–Crippen MR) is 105 cm³/mol. The van der Waals surface area contributed by atoms with Crippen LogP contribution in [-0.2, 0) is 15.3 Å². The summed E-state index contributed by atoms with van der Waals surface area (Å²) in [5.41, 5.74) is 1.64. The first kappa shape index (κ1) is 21.1. The number of amides is 1. The zero-order valence-corrected chi connectivity index (χ0v) is 17.0. The predicted octanol–water partition coefficient (Wildman–Crippen LogP) is 3.05. The van der Waals surface area contributed by atoms with Gasteiger partial charge in [-0.15, -0.1) is 11.8 Å². The van der Waals surface area contributed by atoms with Crippen LogP contribution in [0.4, 0.5) is 0 Å². The maximum absolute atomic E-state index is 11.8. The van der Waals surface area contributed by atoms with Crippen molar-refractivity contribution >= 4 is 17.7 Å². The van der Waals surface area contributed by atoms with E-state index in [4.69, 9.17) is 18.6 Å². The molecule has 0 aliphatic rings. The Morgan fingerprint density at radius 3 is 2.70 bits per heavy atom. The first-order valence-electron chi connectivity index (χ1n) is 8.61. The second-order valence-electron chi connectivity index (χ2n) is 5.78. The Morgan fingerprint density at radius 2 is 2.00 bits per heavy atom. The van der Waals surface area contributed by atoms with Gasteiger partial charge >= 0.3 is 0 Å². The van der Waals surface area contributed by atoms with Crippen molar-refractivity contribution in [2.24, 2.45) is 0 Å². The minimum atomic E-state index is 0.0114. The molecule has 1 N–H and O–H groups in total. The molecule has 0 fully saturated rings. The highest BCUT2D eigenvalue weighted by molar-refractivity contribution is 7.99. The molecule has 7 nitrogen and oxygen atoms in total. The summed E-state index contributed by atoms with van der Waals surface area (Å²) in [7, 11) is 4.83. The number of methoxy groups -OCH3 is 3. The maximum atomic E-state index is 11.8. The highest BCUT2D eigenvalue weighted by Crippen LogP contribution is 2.33. The molecule has 1 aromatic carbocycles. The third-order valence-corrected chi connectivity index (χ3v) is 4.79. The SMILES string of the molecule is COCCCNC(=O)CSCc1nc(-c2ccc(OC)c(OC)c2)oc1C. The van der Waals surface area contributed by atoms with E-state index >= 15 is 0 Å². The van der Waals surface area contributed by atoms with Crippen molar-refractivity contribution in [1.82, 2.24) is 10.3 Å². The quantitative estimate of drug-likeness (QED) is 0.587. The van der Waals surface area contributed by atoms with Gasteiger partial charge in [-0.05, 0) is 31.5 Å². The van der Waals surface area contributed by atoms with Crippen molar-refractivity contribution in [3.63, 3.8) is 0 Å². The topological polar surface area (TPSA) is 82.8 Å². The van der Waals surface area contributed by atoms with Crippen LogP contribution in [0.5, 0.6) is 11.5 Å². The van der Waals surface area contributed by atoms with E-state index in [1.54, 1.807) is 21.3 Å². The van der Waals surface area contributed by atoms with Crippen LogP contribution < -0.4 is 14.8 Å². The van der Waals surface area contributed by atoms with Gasteiger partial charge < -0.3 is 23.9 Å². The lowest BCUT2D eigenvalue weighted by atomic mass is 10.2. The Labute approximate surface area is 163 Å². The second kappa shape index (κ2) is 10.8. The molecule has 2 aromatic rings. The highest BCUT2D eigenvalue weighted by atomic mass is 32.2. The number of nitrogens with one attached hydrogen (secondary N) is 1. The van der Waals surface area contributed by atoms with E-state index in [9.17, 15) is 4.79 Å². The second-order valence-corrected chi connectivity index (χ2v) is 6.77. The average molecular weight is 394 g/mol. The molecule has 0 bridgehead atoms. The van der Waals surface area contributed by atoms with Crippen LogP contribution in [0.2, 0.25) is 0 Å². The fourth-order valence-electron chi connectivity index (χ4n) is 2.39. The van der Waals surface area contributed by atoms with Gasteiger partial charge in [0.2, 0.25) is 11.8 Å². The number of hydrogen-bond acceptors (Lipinski definition) is 7. The Bertz CT molecular complexity index is 748. The minimum absolute atomic E-state index is 0.0114. The summed E-state index contributed by atoms with van der Waals surface area (Å²) in [4.78, 5) is 16.4. The Kier molecular flexibility index (Phi) is 8.47. The lowest BCUT2D eigenvalue weighted by Crippen LogP contribution is -2.26. The molecule has 0 radical (unpaired) electrons. The molecule has 0 aliphatic heterocycles. The Balaban J connectivity index is 1.92. The third-order valence-electron chi connectivity index (χ3n) is 3.84. The monoisotopic (exact) mass is 394 g/mol. The van der Waals surface area contributed by atoms with Crippen LogP contribution in [0.3, 0.4) is 0 Å². The van der Waals surface area contributed by atoms with Crippen molar-refractivity contribution in [2.75, 3.05) is 40.2 Å². The largest absolute Gasteiger partial charge is 0.493 e. The molecule has 0 unspecified atom stereocenters. The van der Waals surface area contributed by atoms with Crippen molar-refractivity contribution < 1.29 is 23.4 Å². The van der Waals surface area contributed by atoms with E-state index in [0.29, 0.717) is 42.0 Å². The summed E-state index contributed by atoms with van der Waals surface area (Å²) in [6, 6.07) is 5.52. The van der Waals surface area contributed by atoms with E-state index in [0.717, 1.165) is 23.4 Å². The molecule has 1 amide bonds. The molecule has 0 aliphatic carbocycles. The van der Waals surface area contributed by atoms with Crippen LogP contribution in [0.15, 0.2) is 22.6 Å². The molecular weight excluding hydrogens is 368 g/mol. The summed E-state index contributed by atoms with van der Waals surface area (Å²) in [6.07, 6.45) is 0.810. The number of carbonyl (C=O) groups is 1. The maximum Gasteiger partial charge on any atom is 0.230 e. The van der Waals surface area contributed by atoms with Crippen LogP contribution in [0.25, 0.3) is 11.5 Å². The molecule has 0 spiro atoms. The highest BCUT2D eigenvalue weighted by Gasteiger charge is 2.14. The number of nitrogens with zero attached hydrogens (tertiary/aromatic N) is 1. The molecule has 148 valence electrons. The summed E-state index contributed by atoms with van der Waals surface area (Å²) in [5.74, 6) is 3.53. The van der Waals surface area contributed by atoms with E-state index in [2.05, 4.69) is 10.3 Å². The van der Waals surface area contributed by atoms with Gasteiger partial charge in [0, 0.05) is 31.6 Å². The summed E-state index contributed by atoms with van der Waals surface area (Å²) < 4.78 is 21.3. The molecule has 0 saturated carbocycles. The number of rotatable bonds is 11. The van der Waals surface area contributed by atoms with Crippen LogP contribution in [0.1, 0.15) is 17.9 Å². The molecule has 2 rings (SSSR count). The van der Waals surface area contributed by atoms with Crippen LogP contribution in [0, 0.1) is 6.92 Å². The minimum Gasteiger partial charge on any atom is -0.493 e. The standard InChI is InChI=1S/C19H26N2O5S/c1-13-15(11-27-12-18(22)20-8-5-9-23-2)21-19(26-13)14-6-7-16(24-3)17(10-14)25-4/h6-7,10H,5,8-9,11-12H2,1-4H3,(H,20,22). The van der Waals surface area contributed by atoms with Gasteiger partial charge in [0.15, 0.2) is 11.5 Å². The normalized spacial score (nSPS) is 10.7. The summed E-state index contributed by atoms with van der Waals surface area (Å²) >= 11 is 1.50. The van der Waals surface area contributed by atoms with E-state index in [1.807, 2.05) is 25.1 Å². The number of benzene rings is 1. The fraction of sp³-hybridized carbons (Fsp3) is 0.474. The van der Waals surface area contributed by atoms with Gasteiger partial charge in [0.1, 0.15) is 5.76 Å². The number of aromatic nitrogens is 1. The van der Waals surface area contributed by atoms with Gasteiger partial charge in [-0.1, -0.05) is 0 Å². The van der Waals surface area contributed by atoms with Gasteiger partial charge in [0.25, 0.3) is 0 Å². The lowest BCUT2D eigenvalue weighted by Gasteiger charge is -2.07. The van der Waals surface area contributed by atoms with Crippen molar-refractivity contribution in [3.05, 3.63) is 29.7 Å². The Hall–Kier alpha value is -2.19. The van der Waals surface area contributed by atoms with Crippen molar-refractivity contribution in [1.29, 1.82) is 0 Å². The summed E-state index contributed by atoms with van der Waals surface area (Å²) in [6.45, 7) is 3.14. The van der Waals surface area contributed by atoms with Gasteiger partial charge in [-0.2, -0.15) is 0 Å². The van der Waals surface area contributed by atoms with Crippen LogP contribution >= 0.6 is 11.8 Å². The van der Waals surface area contributed by atoms with Crippen molar-refractivity contribution in [2.45, 2.75) is 19.1 Å². The van der Waals surface area contributed by atoms with E-state index in [1.165, 1.54) is 11.8 Å². The zero-order valence-electron chi connectivity index (χ0n) is 16.2. The summed E-state index contributed by atoms with van der Waals surface area (Å²) in [5, 5.41) is 2.86. The van der Waals surface area contributed by atoms with E-state index in [-0.39, 0.29) is 5.91 Å². The first-order chi connectivity index (χ1) is 13.1. The molecule has 1 aromatic heterocycles. The van der Waals surface area contributed by atoms with Gasteiger partial charge in [0.05, 0.1) is 25.7 Å². The first-order valence-corrected chi connectivity index (χ1v) is 9.76. The molecule has 0 atom stereocenters. The zero-order chi connectivity index (χ0) is 19.6. The molecule has 0 saturated heterocycles. The van der Waals surface area contributed by atoms with Crippen molar-refractivity contribution in [3.8, 4) is 23.0 Å². The number of aryl methyl sites for hydroxylation is 1. The van der Waals surface area contributed by atoms with Gasteiger partial charge in [-0.25, -0.2) is 4.98 Å². The fourth-order valence-corrected chi connectivity index (χ4v) is 3.24. The number of oxazole rings is 1. The number of ether oxygens (including phenoxy) is 3. The molecule has 27 heavy (non-hydrogen) atoms. The van der Waals surface area contributed by atoms with Crippen LogP contribution in [-0.4, -0.2) is 51.1 Å². The number of hydrogen-bond donors (Lipinski definition) is 1. The lowest BCUT2D eigenvalue weighted by molar-refractivity contribution is -0.118. The van der Waals surface area contributed by atoms with Gasteiger partial charge in [-0.3, -0.25) is 4.79 Å². The number of carbonyl (C=O) groups excluding carboxylic acids is 1. The Morgan fingerprint density at radius 1 is 1.22 bits per heavy atom. The van der Waals surface area contributed by atoms with E-state index < -0.39 is 0 Å². The third kappa shape index (κ3) is 6.18. The smallest absolute Gasteiger partial charge is 0.230 e.